The molecule has 9 heteroatoms. The molecule has 0 aromatic carbocycles. The molecule has 4 N–H and O–H groups in total. The number of aromatic nitrogens is 1. The summed E-state index contributed by atoms with van der Waals surface area (Å²) in [7, 11) is -3.93. The molecule has 41 heavy (non-hydrogen) atoms. The van der Waals surface area contributed by atoms with E-state index in [0.717, 1.165) is 38.5 Å². The van der Waals surface area contributed by atoms with Crippen LogP contribution in [0.2, 0.25) is 0 Å². The number of amides is 2. The van der Waals surface area contributed by atoms with Crippen molar-refractivity contribution in [3.8, 4) is 0 Å². The number of rotatable bonds is 7. The van der Waals surface area contributed by atoms with Crippen LogP contribution in [-0.2, 0) is 10.0 Å². The maximum atomic E-state index is 12.4. The minimum Gasteiger partial charge on any atom is -0.393 e. The number of carbonyl (C=O) groups is 1. The van der Waals surface area contributed by atoms with Crippen LogP contribution in [0.1, 0.15) is 91.9 Å². The first kappa shape index (κ1) is 30.7. The standard InChI is InChI=1S/C32H51N3O5S/c1-5-23-28-18-21(36)8-13-32(28,4)27-9-14-31(3)25(6-7-26(31)24(27)19-29(23)37)20(2)10-17-34-30(38)35-41(39,40)22-11-15-33-16-12-22/h11-12,15-16,20-21,23-29,36-37H,5-10,13-14,17-19H2,1-4H3,(H2,34,35,38)/t20-,21-,23-,24-,25-,26+,27+,28+,29?,31-,32-/m1/s1. The summed E-state index contributed by atoms with van der Waals surface area (Å²) in [4.78, 5) is 16.2. The third-order valence-corrected chi connectivity index (χ3v) is 13.8. The summed E-state index contributed by atoms with van der Waals surface area (Å²) in [5, 5.41) is 24.9. The second kappa shape index (κ2) is 11.8. The molecule has 11 atom stereocenters. The molecular weight excluding hydrogens is 538 g/mol. The van der Waals surface area contributed by atoms with Crippen molar-refractivity contribution in [2.75, 3.05) is 6.54 Å². The third kappa shape index (κ3) is 5.67. The Labute approximate surface area is 246 Å². The van der Waals surface area contributed by atoms with Gasteiger partial charge in [-0.25, -0.2) is 17.9 Å². The fraction of sp³-hybridized carbons (Fsp3) is 0.812. The highest BCUT2D eigenvalue weighted by atomic mass is 32.2. The Kier molecular flexibility index (Phi) is 8.82. The van der Waals surface area contributed by atoms with Gasteiger partial charge in [0.25, 0.3) is 10.0 Å². The van der Waals surface area contributed by atoms with E-state index in [9.17, 15) is 23.4 Å². The van der Waals surface area contributed by atoms with E-state index in [1.807, 2.05) is 0 Å². The number of aliphatic hydroxyl groups excluding tert-OH is 2. The average molecular weight is 590 g/mol. The Hall–Kier alpha value is -1.71. The summed E-state index contributed by atoms with van der Waals surface area (Å²) in [6, 6.07) is 2.01. The van der Waals surface area contributed by atoms with Gasteiger partial charge in [-0.3, -0.25) is 4.98 Å². The lowest BCUT2D eigenvalue weighted by molar-refractivity contribution is -0.0964. The molecule has 0 bridgehead atoms. The molecule has 0 radical (unpaired) electrons. The van der Waals surface area contributed by atoms with Gasteiger partial charge in [-0.15, -0.1) is 0 Å². The number of hydrogen-bond acceptors (Lipinski definition) is 6. The zero-order valence-corrected chi connectivity index (χ0v) is 26.1. The zero-order valence-electron chi connectivity index (χ0n) is 25.3. The summed E-state index contributed by atoms with van der Waals surface area (Å²) in [6.07, 6.45) is 12.4. The van der Waals surface area contributed by atoms with Gasteiger partial charge in [-0.1, -0.05) is 34.1 Å². The van der Waals surface area contributed by atoms with Crippen LogP contribution in [0.15, 0.2) is 29.4 Å². The lowest BCUT2D eigenvalue weighted by Gasteiger charge is -2.57. The molecule has 4 aliphatic rings. The molecule has 1 aromatic rings. The maximum Gasteiger partial charge on any atom is 0.328 e. The summed E-state index contributed by atoms with van der Waals surface area (Å²) in [6.45, 7) is 9.89. The lowest BCUT2D eigenvalue weighted by Crippen LogP contribution is -2.51. The van der Waals surface area contributed by atoms with Gasteiger partial charge < -0.3 is 15.5 Å². The van der Waals surface area contributed by atoms with Crippen molar-refractivity contribution < 1.29 is 23.4 Å². The normalized spacial score (nSPS) is 41.3. The van der Waals surface area contributed by atoms with Crippen LogP contribution in [-0.4, -0.2) is 48.4 Å². The molecular formula is C32H51N3O5S. The molecule has 1 unspecified atom stereocenters. The number of nitrogens with one attached hydrogen (secondary N) is 2. The highest BCUT2D eigenvalue weighted by Crippen LogP contribution is 2.68. The first-order valence-corrected chi connectivity index (χ1v) is 17.5. The predicted octanol–water partition coefficient (Wildman–Crippen LogP) is 5.11. The second-order valence-corrected chi connectivity index (χ2v) is 16.0. The van der Waals surface area contributed by atoms with E-state index in [4.69, 9.17) is 0 Å². The van der Waals surface area contributed by atoms with E-state index >= 15 is 0 Å². The number of nitrogens with zero attached hydrogens (tertiary/aromatic N) is 1. The number of carbonyl (C=O) groups excluding carboxylic acids is 1. The highest BCUT2D eigenvalue weighted by molar-refractivity contribution is 7.90. The van der Waals surface area contributed by atoms with Crippen molar-refractivity contribution in [2.45, 2.75) is 109 Å². The first-order chi connectivity index (χ1) is 19.4. The van der Waals surface area contributed by atoms with Crippen LogP contribution in [0.25, 0.3) is 0 Å². The van der Waals surface area contributed by atoms with Gasteiger partial charge >= 0.3 is 6.03 Å². The third-order valence-electron chi connectivity index (χ3n) is 12.5. The Balaban J connectivity index is 1.23. The van der Waals surface area contributed by atoms with E-state index in [1.54, 1.807) is 0 Å². The van der Waals surface area contributed by atoms with Crippen molar-refractivity contribution in [1.29, 1.82) is 0 Å². The highest BCUT2D eigenvalue weighted by Gasteiger charge is 2.61. The fourth-order valence-electron chi connectivity index (χ4n) is 10.5. The van der Waals surface area contributed by atoms with Crippen molar-refractivity contribution >= 4 is 16.1 Å². The van der Waals surface area contributed by atoms with Gasteiger partial charge in [0.15, 0.2) is 0 Å². The number of aliphatic hydroxyl groups is 2. The molecule has 4 aliphatic carbocycles. The first-order valence-electron chi connectivity index (χ1n) is 16.0. The van der Waals surface area contributed by atoms with E-state index in [-0.39, 0.29) is 33.9 Å². The van der Waals surface area contributed by atoms with Crippen molar-refractivity contribution in [3.63, 3.8) is 0 Å². The largest absolute Gasteiger partial charge is 0.393 e. The molecule has 5 rings (SSSR count). The molecule has 4 saturated carbocycles. The van der Waals surface area contributed by atoms with E-state index in [0.29, 0.717) is 42.1 Å². The molecule has 8 nitrogen and oxygen atoms in total. The van der Waals surface area contributed by atoms with Gasteiger partial charge in [-0.2, -0.15) is 0 Å². The lowest BCUT2D eigenvalue weighted by atomic mass is 9.48. The minimum absolute atomic E-state index is 0.00927. The van der Waals surface area contributed by atoms with Crippen molar-refractivity contribution in [3.05, 3.63) is 24.5 Å². The van der Waals surface area contributed by atoms with Crippen LogP contribution in [0.4, 0.5) is 4.79 Å². The second-order valence-electron chi connectivity index (χ2n) is 14.3. The summed E-state index contributed by atoms with van der Waals surface area (Å²) in [5.74, 6) is 3.30. The van der Waals surface area contributed by atoms with Crippen LogP contribution in [0.3, 0.4) is 0 Å². The number of fused-ring (bicyclic) bond motifs is 5. The average Bonchev–Trinajstić information content (AvgIpc) is 3.25. The number of hydrogen-bond donors (Lipinski definition) is 4. The van der Waals surface area contributed by atoms with Gasteiger partial charge in [0.2, 0.25) is 0 Å². The van der Waals surface area contributed by atoms with Crippen LogP contribution in [0.5, 0.6) is 0 Å². The SMILES string of the molecule is CC[C@H]1C(O)C[C@H]2[C@H](CC[C@]3(C)[C@@H]([C@H](C)CCNC(=O)NS(=O)(=O)c4ccncc4)CC[C@@H]23)[C@@]2(C)CC[C@@H](O)C[C@@H]12. The number of urea groups is 1. The molecule has 2 amide bonds. The molecule has 4 fully saturated rings. The number of sulfonamides is 1. The van der Waals surface area contributed by atoms with Gasteiger partial charge in [0.1, 0.15) is 0 Å². The minimum atomic E-state index is -3.93. The van der Waals surface area contributed by atoms with Crippen molar-refractivity contribution in [1.82, 2.24) is 15.0 Å². The van der Waals surface area contributed by atoms with Gasteiger partial charge in [-0.05, 0) is 122 Å². The molecule has 1 heterocycles. The van der Waals surface area contributed by atoms with Crippen LogP contribution >= 0.6 is 0 Å². The van der Waals surface area contributed by atoms with Crippen LogP contribution in [0, 0.1) is 52.3 Å². The fourth-order valence-corrected chi connectivity index (χ4v) is 11.4. The molecule has 230 valence electrons. The Bertz CT molecular complexity index is 1180. The summed E-state index contributed by atoms with van der Waals surface area (Å²) in [5.41, 5.74) is 0.389. The van der Waals surface area contributed by atoms with Gasteiger partial charge in [0.05, 0.1) is 17.1 Å². The van der Waals surface area contributed by atoms with Gasteiger partial charge in [0, 0.05) is 18.9 Å². The van der Waals surface area contributed by atoms with Crippen molar-refractivity contribution in [2.24, 2.45) is 52.3 Å². The summed E-state index contributed by atoms with van der Waals surface area (Å²) < 4.78 is 27.0. The van der Waals surface area contributed by atoms with E-state index in [2.05, 4.69) is 42.7 Å². The quantitative estimate of drug-likeness (QED) is 0.350. The number of pyridine rings is 1. The monoisotopic (exact) mass is 589 g/mol. The Morgan fingerprint density at radius 2 is 1.71 bits per heavy atom. The Morgan fingerprint density at radius 3 is 2.41 bits per heavy atom. The smallest absolute Gasteiger partial charge is 0.328 e. The van der Waals surface area contributed by atoms with Crippen LogP contribution < -0.4 is 10.0 Å². The zero-order chi connectivity index (χ0) is 29.6. The predicted molar refractivity (Wildman–Crippen MR) is 158 cm³/mol. The Morgan fingerprint density at radius 1 is 1.02 bits per heavy atom. The molecule has 0 aliphatic heterocycles. The summed E-state index contributed by atoms with van der Waals surface area (Å²) >= 11 is 0. The topological polar surface area (TPSA) is 129 Å². The van der Waals surface area contributed by atoms with E-state index < -0.39 is 16.1 Å². The van der Waals surface area contributed by atoms with E-state index in [1.165, 1.54) is 50.2 Å². The maximum absolute atomic E-state index is 12.4. The molecule has 1 aromatic heterocycles. The molecule has 0 spiro atoms. The molecule has 0 saturated heterocycles.